The third kappa shape index (κ3) is 3.35. The molecule has 0 spiro atoms. The predicted octanol–water partition coefficient (Wildman–Crippen LogP) is 1.83. The molecule has 17 heavy (non-hydrogen) atoms. The molecule has 0 aliphatic rings. The van der Waals surface area contributed by atoms with E-state index in [1.807, 2.05) is 6.92 Å². The van der Waals surface area contributed by atoms with Crippen LogP contribution in [0.1, 0.15) is 24.1 Å². The number of aliphatic hydroxyl groups excluding tert-OH is 1. The van der Waals surface area contributed by atoms with Crippen LogP contribution in [0.2, 0.25) is 5.02 Å². The number of hydrogen-bond acceptors (Lipinski definition) is 3. The van der Waals surface area contributed by atoms with Gasteiger partial charge in [-0.05, 0) is 30.2 Å². The van der Waals surface area contributed by atoms with Crippen molar-refractivity contribution in [3.63, 3.8) is 0 Å². The van der Waals surface area contributed by atoms with Crippen molar-refractivity contribution in [3.8, 4) is 5.75 Å². The van der Waals surface area contributed by atoms with Gasteiger partial charge in [-0.2, -0.15) is 0 Å². The third-order valence-corrected chi connectivity index (χ3v) is 2.77. The first-order valence-electron chi connectivity index (χ1n) is 5.21. The quantitative estimate of drug-likeness (QED) is 0.865. The maximum atomic E-state index is 11.0. The van der Waals surface area contributed by atoms with Gasteiger partial charge in [0.25, 0.3) is 0 Å². The smallest absolute Gasteiger partial charge is 0.217 e. The fourth-order valence-electron chi connectivity index (χ4n) is 1.67. The van der Waals surface area contributed by atoms with Crippen molar-refractivity contribution in [2.24, 2.45) is 0 Å². The number of methoxy groups -OCH3 is 1. The molecule has 1 atom stereocenters. The van der Waals surface area contributed by atoms with Crippen molar-refractivity contribution in [1.29, 1.82) is 0 Å². The number of aliphatic hydroxyl groups is 1. The van der Waals surface area contributed by atoms with E-state index in [0.29, 0.717) is 10.8 Å². The van der Waals surface area contributed by atoms with Gasteiger partial charge in [-0.3, -0.25) is 4.79 Å². The summed E-state index contributed by atoms with van der Waals surface area (Å²) in [6.45, 7) is 3.10. The van der Waals surface area contributed by atoms with E-state index in [-0.39, 0.29) is 12.5 Å². The summed E-state index contributed by atoms with van der Waals surface area (Å²) in [6, 6.07) is 3.03. The lowest BCUT2D eigenvalue weighted by molar-refractivity contribution is -0.120. The number of amides is 1. The van der Waals surface area contributed by atoms with Gasteiger partial charge in [0.2, 0.25) is 5.91 Å². The van der Waals surface area contributed by atoms with Gasteiger partial charge in [0, 0.05) is 6.92 Å². The predicted molar refractivity (Wildman–Crippen MR) is 66.4 cm³/mol. The summed E-state index contributed by atoms with van der Waals surface area (Å²) in [4.78, 5) is 11.0. The maximum absolute atomic E-state index is 11.0. The molecular weight excluding hydrogens is 242 g/mol. The Morgan fingerprint density at radius 1 is 1.59 bits per heavy atom. The molecule has 2 N–H and O–H groups in total. The summed E-state index contributed by atoms with van der Waals surface area (Å²) in [7, 11) is 1.54. The Morgan fingerprint density at radius 3 is 2.71 bits per heavy atom. The first-order valence-corrected chi connectivity index (χ1v) is 5.59. The van der Waals surface area contributed by atoms with Crippen LogP contribution in [0, 0.1) is 6.92 Å². The zero-order valence-corrected chi connectivity index (χ0v) is 10.8. The van der Waals surface area contributed by atoms with E-state index >= 15 is 0 Å². The molecule has 0 heterocycles. The maximum Gasteiger partial charge on any atom is 0.217 e. The number of benzene rings is 1. The van der Waals surface area contributed by atoms with Gasteiger partial charge < -0.3 is 15.2 Å². The van der Waals surface area contributed by atoms with Crippen molar-refractivity contribution < 1.29 is 14.6 Å². The summed E-state index contributed by atoms with van der Waals surface area (Å²) in [6.07, 6.45) is 0. The second kappa shape index (κ2) is 5.89. The first-order chi connectivity index (χ1) is 7.99. The van der Waals surface area contributed by atoms with E-state index in [1.54, 1.807) is 12.1 Å². The molecule has 1 amide bonds. The number of nitrogens with one attached hydrogen (secondary N) is 1. The number of carbonyl (C=O) groups is 1. The Labute approximate surface area is 106 Å². The molecule has 5 heteroatoms. The molecule has 0 aromatic heterocycles. The highest BCUT2D eigenvalue weighted by Crippen LogP contribution is 2.30. The number of carbonyl (C=O) groups excluding carboxylic acids is 1. The topological polar surface area (TPSA) is 58.6 Å². The highest BCUT2D eigenvalue weighted by Gasteiger charge is 2.16. The summed E-state index contributed by atoms with van der Waals surface area (Å²) in [5.74, 6) is 0.378. The lowest BCUT2D eigenvalue weighted by Crippen LogP contribution is -2.29. The Hall–Kier alpha value is -1.26. The van der Waals surface area contributed by atoms with Crippen molar-refractivity contribution in [1.82, 2.24) is 5.32 Å². The summed E-state index contributed by atoms with van der Waals surface area (Å²) < 4.78 is 5.09. The van der Waals surface area contributed by atoms with Gasteiger partial charge in [-0.25, -0.2) is 0 Å². The van der Waals surface area contributed by atoms with E-state index in [4.69, 9.17) is 16.3 Å². The van der Waals surface area contributed by atoms with Gasteiger partial charge in [0.1, 0.15) is 5.75 Å². The number of ether oxygens (including phenoxy) is 1. The molecule has 0 aliphatic carbocycles. The number of aryl methyl sites for hydroxylation is 1. The molecule has 0 saturated carbocycles. The monoisotopic (exact) mass is 257 g/mol. The van der Waals surface area contributed by atoms with E-state index in [1.165, 1.54) is 14.0 Å². The fourth-order valence-corrected chi connectivity index (χ4v) is 1.92. The van der Waals surface area contributed by atoms with Gasteiger partial charge in [-0.15, -0.1) is 0 Å². The molecule has 1 aromatic carbocycles. The Morgan fingerprint density at radius 2 is 2.24 bits per heavy atom. The van der Waals surface area contributed by atoms with Gasteiger partial charge in [0.05, 0.1) is 24.8 Å². The Bertz CT molecular complexity index is 420. The molecule has 1 rings (SSSR count). The molecule has 0 bridgehead atoms. The van der Waals surface area contributed by atoms with Crippen molar-refractivity contribution in [2.45, 2.75) is 19.9 Å². The van der Waals surface area contributed by atoms with Crippen LogP contribution in [-0.4, -0.2) is 24.7 Å². The van der Waals surface area contributed by atoms with Crippen LogP contribution in [0.15, 0.2) is 12.1 Å². The molecular formula is C12H16ClNO3. The van der Waals surface area contributed by atoms with Gasteiger partial charge in [-0.1, -0.05) is 11.6 Å². The highest BCUT2D eigenvalue weighted by molar-refractivity contribution is 6.32. The minimum atomic E-state index is -0.448. The van der Waals surface area contributed by atoms with Crippen LogP contribution in [0.3, 0.4) is 0 Å². The zero-order valence-electron chi connectivity index (χ0n) is 10.1. The number of rotatable bonds is 4. The van der Waals surface area contributed by atoms with Gasteiger partial charge >= 0.3 is 0 Å². The van der Waals surface area contributed by atoms with Crippen LogP contribution >= 0.6 is 11.6 Å². The average molecular weight is 258 g/mol. The average Bonchev–Trinajstić information content (AvgIpc) is 2.28. The Kier molecular flexibility index (Phi) is 4.78. The second-order valence-corrected chi connectivity index (χ2v) is 4.19. The molecule has 0 saturated heterocycles. The van der Waals surface area contributed by atoms with Crippen molar-refractivity contribution >= 4 is 17.5 Å². The lowest BCUT2D eigenvalue weighted by Gasteiger charge is -2.19. The van der Waals surface area contributed by atoms with E-state index in [0.717, 1.165) is 11.1 Å². The Balaban J connectivity index is 3.11. The van der Waals surface area contributed by atoms with E-state index < -0.39 is 6.04 Å². The first kappa shape index (κ1) is 13.8. The van der Waals surface area contributed by atoms with E-state index in [2.05, 4.69) is 5.32 Å². The molecule has 1 unspecified atom stereocenters. The standard InChI is InChI=1S/C12H16ClNO3/c1-7-4-12(17-3)10(13)5-9(7)11(6-15)14-8(2)16/h4-5,11,15H,6H2,1-3H3,(H,14,16). The highest BCUT2D eigenvalue weighted by atomic mass is 35.5. The normalized spacial score (nSPS) is 12.1. The minimum Gasteiger partial charge on any atom is -0.495 e. The summed E-state index contributed by atoms with van der Waals surface area (Å²) in [5.41, 5.74) is 1.69. The molecule has 94 valence electrons. The van der Waals surface area contributed by atoms with Crippen LogP contribution in [-0.2, 0) is 4.79 Å². The molecule has 4 nitrogen and oxygen atoms in total. The second-order valence-electron chi connectivity index (χ2n) is 3.78. The SMILES string of the molecule is COc1cc(C)c(C(CO)NC(C)=O)cc1Cl. The number of hydrogen-bond donors (Lipinski definition) is 2. The largest absolute Gasteiger partial charge is 0.495 e. The summed E-state index contributed by atoms with van der Waals surface area (Å²) >= 11 is 6.02. The molecule has 1 aromatic rings. The molecule has 0 radical (unpaired) electrons. The number of halogens is 1. The molecule has 0 fully saturated rings. The zero-order chi connectivity index (χ0) is 13.0. The third-order valence-electron chi connectivity index (χ3n) is 2.48. The van der Waals surface area contributed by atoms with Crippen LogP contribution in [0.5, 0.6) is 5.75 Å². The molecule has 0 aliphatic heterocycles. The summed E-state index contributed by atoms with van der Waals surface area (Å²) in [5, 5.41) is 12.4. The van der Waals surface area contributed by atoms with Crippen molar-refractivity contribution in [2.75, 3.05) is 13.7 Å². The van der Waals surface area contributed by atoms with Crippen LogP contribution < -0.4 is 10.1 Å². The lowest BCUT2D eigenvalue weighted by atomic mass is 10.0. The van der Waals surface area contributed by atoms with Gasteiger partial charge in [0.15, 0.2) is 0 Å². The fraction of sp³-hybridized carbons (Fsp3) is 0.417. The van der Waals surface area contributed by atoms with Crippen molar-refractivity contribution in [3.05, 3.63) is 28.3 Å². The minimum absolute atomic E-state index is 0.178. The van der Waals surface area contributed by atoms with E-state index in [9.17, 15) is 9.90 Å². The van der Waals surface area contributed by atoms with Crippen LogP contribution in [0.25, 0.3) is 0 Å². The van der Waals surface area contributed by atoms with Crippen LogP contribution in [0.4, 0.5) is 0 Å².